The second-order valence-electron chi connectivity index (χ2n) is 6.64. The van der Waals surface area contributed by atoms with E-state index < -0.39 is 10.0 Å². The number of anilines is 1. The van der Waals surface area contributed by atoms with Crippen molar-refractivity contribution >= 4 is 43.5 Å². The summed E-state index contributed by atoms with van der Waals surface area (Å²) in [5.74, 6) is -0.638. The maximum atomic E-state index is 12.5. The van der Waals surface area contributed by atoms with Crippen LogP contribution in [0.3, 0.4) is 0 Å². The fourth-order valence-electron chi connectivity index (χ4n) is 3.00. The largest absolute Gasteiger partial charge is 0.336 e. The Hall–Kier alpha value is -1.45. The molecule has 1 fully saturated rings. The van der Waals surface area contributed by atoms with E-state index in [0.717, 1.165) is 10.0 Å². The normalized spacial score (nSPS) is 16.3. The summed E-state index contributed by atoms with van der Waals surface area (Å²) >= 11 is 3.38. The maximum Gasteiger partial charge on any atom is 0.243 e. The van der Waals surface area contributed by atoms with Crippen molar-refractivity contribution in [3.8, 4) is 0 Å². The Morgan fingerprint density at radius 3 is 2.46 bits per heavy atom. The number of hydrogen-bond acceptors (Lipinski definition) is 4. The van der Waals surface area contributed by atoms with Crippen molar-refractivity contribution in [2.24, 2.45) is 5.92 Å². The zero-order chi connectivity index (χ0) is 19.5. The first-order chi connectivity index (χ1) is 12.1. The number of nitrogens with zero attached hydrogens (tertiary/aromatic N) is 2. The predicted octanol–water partition coefficient (Wildman–Crippen LogP) is 1.83. The molecule has 9 heteroatoms. The number of carbonyl (C=O) groups is 2. The Bertz CT molecular complexity index is 789. The number of hydrogen-bond donors (Lipinski definition) is 1. The van der Waals surface area contributed by atoms with E-state index in [9.17, 15) is 18.0 Å². The number of amides is 2. The van der Waals surface area contributed by atoms with E-state index in [1.54, 1.807) is 13.1 Å². The zero-order valence-corrected chi connectivity index (χ0v) is 17.6. The minimum absolute atomic E-state index is 0.0410. The highest BCUT2D eigenvalue weighted by Gasteiger charge is 2.30. The first-order valence-corrected chi connectivity index (χ1v) is 11.0. The lowest BCUT2D eigenvalue weighted by Crippen LogP contribution is -2.44. The van der Waals surface area contributed by atoms with Gasteiger partial charge in [0.2, 0.25) is 21.8 Å². The van der Waals surface area contributed by atoms with Crippen LogP contribution in [0.25, 0.3) is 0 Å². The van der Waals surface area contributed by atoms with Crippen LogP contribution in [-0.2, 0) is 19.6 Å². The number of likely N-dealkylation sites (N-methyl/N-ethyl adjacent to an activating group) is 1. The van der Waals surface area contributed by atoms with Crippen LogP contribution in [0, 0.1) is 12.8 Å². The van der Waals surface area contributed by atoms with E-state index in [1.165, 1.54) is 15.5 Å². The van der Waals surface area contributed by atoms with E-state index in [0.29, 0.717) is 31.6 Å². The molecule has 2 rings (SSSR count). The summed E-state index contributed by atoms with van der Waals surface area (Å²) in [5.41, 5.74) is 1.63. The minimum atomic E-state index is -3.22. The van der Waals surface area contributed by atoms with Crippen LogP contribution in [0.2, 0.25) is 0 Å². The lowest BCUT2D eigenvalue weighted by atomic mass is 9.96. The van der Waals surface area contributed by atoms with Gasteiger partial charge in [0, 0.05) is 36.2 Å². The first-order valence-electron chi connectivity index (χ1n) is 8.34. The third-order valence-electron chi connectivity index (χ3n) is 4.49. The summed E-state index contributed by atoms with van der Waals surface area (Å²) in [4.78, 5) is 26.2. The van der Waals surface area contributed by atoms with Crippen molar-refractivity contribution in [2.75, 3.05) is 38.3 Å². The molecule has 0 radical (unpaired) electrons. The Balaban J connectivity index is 1.88. The molecule has 0 aromatic heterocycles. The number of nitrogens with one attached hydrogen (secondary N) is 1. The lowest BCUT2D eigenvalue weighted by Gasteiger charge is -2.31. The van der Waals surface area contributed by atoms with Crippen LogP contribution in [-0.4, -0.2) is 62.4 Å². The third kappa shape index (κ3) is 5.52. The van der Waals surface area contributed by atoms with Gasteiger partial charge in [-0.3, -0.25) is 9.59 Å². The summed E-state index contributed by atoms with van der Waals surface area (Å²) in [7, 11) is -1.62. The SMILES string of the molecule is Cc1cc(Br)ccc1NC(=O)CN(C)C(=O)C1CCN(S(C)(=O)=O)CC1. The van der Waals surface area contributed by atoms with Gasteiger partial charge < -0.3 is 10.2 Å². The van der Waals surface area contributed by atoms with Gasteiger partial charge in [-0.15, -0.1) is 0 Å². The molecule has 1 saturated heterocycles. The van der Waals surface area contributed by atoms with Crippen LogP contribution in [0.5, 0.6) is 0 Å². The van der Waals surface area contributed by atoms with Crippen molar-refractivity contribution in [3.63, 3.8) is 0 Å². The first kappa shape index (κ1) is 20.9. The Morgan fingerprint density at radius 2 is 1.92 bits per heavy atom. The molecule has 0 atom stereocenters. The molecule has 0 bridgehead atoms. The number of halogens is 1. The number of benzene rings is 1. The highest BCUT2D eigenvalue weighted by Crippen LogP contribution is 2.22. The Morgan fingerprint density at radius 1 is 1.31 bits per heavy atom. The van der Waals surface area contributed by atoms with Gasteiger partial charge in [0.1, 0.15) is 0 Å². The molecule has 0 aliphatic carbocycles. The molecular weight excluding hydrogens is 422 g/mol. The Kier molecular flexibility index (Phi) is 6.81. The summed E-state index contributed by atoms with van der Waals surface area (Å²) in [5, 5.41) is 2.81. The summed E-state index contributed by atoms with van der Waals surface area (Å²) in [6, 6.07) is 5.55. The molecule has 26 heavy (non-hydrogen) atoms. The van der Waals surface area contributed by atoms with E-state index >= 15 is 0 Å². The molecule has 1 aliphatic rings. The number of rotatable bonds is 5. The summed E-state index contributed by atoms with van der Waals surface area (Å²) < 4.78 is 25.4. The summed E-state index contributed by atoms with van der Waals surface area (Å²) in [6.45, 7) is 2.53. The van der Waals surface area contributed by atoms with E-state index in [2.05, 4.69) is 21.2 Å². The van der Waals surface area contributed by atoms with Gasteiger partial charge in [-0.1, -0.05) is 15.9 Å². The Labute approximate surface area is 162 Å². The molecule has 2 amide bonds. The number of carbonyl (C=O) groups excluding carboxylic acids is 2. The standard InChI is InChI=1S/C17H24BrN3O4S/c1-12-10-14(18)4-5-15(12)19-16(22)11-20(2)17(23)13-6-8-21(9-7-13)26(3,24)25/h4-5,10,13H,6-9,11H2,1-3H3,(H,19,22). The van der Waals surface area contributed by atoms with E-state index in [-0.39, 0.29) is 24.3 Å². The van der Waals surface area contributed by atoms with Crippen LogP contribution in [0.4, 0.5) is 5.69 Å². The van der Waals surface area contributed by atoms with Crippen LogP contribution >= 0.6 is 15.9 Å². The third-order valence-corrected chi connectivity index (χ3v) is 6.29. The van der Waals surface area contributed by atoms with Crippen molar-refractivity contribution in [1.82, 2.24) is 9.21 Å². The van der Waals surface area contributed by atoms with Gasteiger partial charge in [-0.2, -0.15) is 0 Å². The highest BCUT2D eigenvalue weighted by atomic mass is 79.9. The van der Waals surface area contributed by atoms with Gasteiger partial charge in [0.15, 0.2) is 0 Å². The van der Waals surface area contributed by atoms with Gasteiger partial charge >= 0.3 is 0 Å². The fourth-order valence-corrected chi connectivity index (χ4v) is 4.35. The predicted molar refractivity (Wildman–Crippen MR) is 104 cm³/mol. The molecule has 1 heterocycles. The molecule has 0 saturated carbocycles. The van der Waals surface area contributed by atoms with Crippen LogP contribution < -0.4 is 5.32 Å². The van der Waals surface area contributed by atoms with E-state index in [1.807, 2.05) is 19.1 Å². The number of aryl methyl sites for hydroxylation is 1. The summed E-state index contributed by atoms with van der Waals surface area (Å²) in [6.07, 6.45) is 2.13. The second-order valence-corrected chi connectivity index (χ2v) is 9.54. The second kappa shape index (κ2) is 8.49. The number of piperidine rings is 1. The molecule has 7 nitrogen and oxygen atoms in total. The highest BCUT2D eigenvalue weighted by molar-refractivity contribution is 9.10. The lowest BCUT2D eigenvalue weighted by molar-refractivity contribution is -0.138. The van der Waals surface area contributed by atoms with Crippen molar-refractivity contribution in [3.05, 3.63) is 28.2 Å². The molecule has 144 valence electrons. The van der Waals surface area contributed by atoms with Gasteiger partial charge in [0.05, 0.1) is 12.8 Å². The average molecular weight is 446 g/mol. The zero-order valence-electron chi connectivity index (χ0n) is 15.2. The molecule has 1 aromatic carbocycles. The quantitative estimate of drug-likeness (QED) is 0.748. The topological polar surface area (TPSA) is 86.8 Å². The van der Waals surface area contributed by atoms with Crippen LogP contribution in [0.1, 0.15) is 18.4 Å². The molecule has 0 unspecified atom stereocenters. The van der Waals surface area contributed by atoms with E-state index in [4.69, 9.17) is 0 Å². The van der Waals surface area contributed by atoms with Crippen molar-refractivity contribution in [1.29, 1.82) is 0 Å². The molecule has 0 spiro atoms. The number of sulfonamides is 1. The van der Waals surface area contributed by atoms with Crippen LogP contribution in [0.15, 0.2) is 22.7 Å². The van der Waals surface area contributed by atoms with Gasteiger partial charge in [0.25, 0.3) is 0 Å². The fraction of sp³-hybridized carbons (Fsp3) is 0.529. The molecular formula is C17H24BrN3O4S. The smallest absolute Gasteiger partial charge is 0.243 e. The molecule has 1 N–H and O–H groups in total. The van der Waals surface area contributed by atoms with Crippen molar-refractivity contribution < 1.29 is 18.0 Å². The maximum absolute atomic E-state index is 12.5. The molecule has 1 aliphatic heterocycles. The van der Waals surface area contributed by atoms with Crippen molar-refractivity contribution in [2.45, 2.75) is 19.8 Å². The minimum Gasteiger partial charge on any atom is -0.336 e. The average Bonchev–Trinajstić information content (AvgIpc) is 2.56. The molecule has 1 aromatic rings. The van der Waals surface area contributed by atoms with Gasteiger partial charge in [-0.25, -0.2) is 12.7 Å². The monoisotopic (exact) mass is 445 g/mol. The van der Waals surface area contributed by atoms with Gasteiger partial charge in [-0.05, 0) is 43.5 Å².